The number of hydrogen-bond donors (Lipinski definition) is 4. The lowest BCUT2D eigenvalue weighted by molar-refractivity contribution is -0.135. The van der Waals surface area contributed by atoms with Gasteiger partial charge in [0.1, 0.15) is 11.9 Å². The molecule has 2 fully saturated rings. The van der Waals surface area contributed by atoms with Crippen molar-refractivity contribution in [3.63, 3.8) is 0 Å². The van der Waals surface area contributed by atoms with Gasteiger partial charge in [-0.3, -0.25) is 4.79 Å². The zero-order chi connectivity index (χ0) is 38.5. The number of imidazole rings is 1. The number of carbonyl (C=O) groups excluding carboxylic acids is 4. The fourth-order valence-electron chi connectivity index (χ4n) is 7.30. The van der Waals surface area contributed by atoms with Gasteiger partial charge in [0.05, 0.1) is 38.2 Å². The molecule has 0 radical (unpaired) electrons. The smallest absolute Gasteiger partial charge is 0.425 e. The molecule has 14 nitrogen and oxygen atoms in total. The minimum absolute atomic E-state index is 0.103. The van der Waals surface area contributed by atoms with Crippen LogP contribution in [-0.2, 0) is 14.3 Å². The molecule has 2 aliphatic heterocycles. The van der Waals surface area contributed by atoms with Crippen molar-refractivity contribution in [1.82, 2.24) is 40.5 Å². The Morgan fingerprint density at radius 3 is 1.91 bits per heavy atom. The molecule has 0 unspecified atom stereocenters. The molecule has 0 spiro atoms. The third kappa shape index (κ3) is 8.07. The van der Waals surface area contributed by atoms with Gasteiger partial charge in [-0.2, -0.15) is 0 Å². The summed E-state index contributed by atoms with van der Waals surface area (Å²) in [7, 11) is 2.56. The number of nitrogens with one attached hydrogen (secondary N) is 4. The largest absolute Gasteiger partial charge is 0.453 e. The average molecular weight is 739 g/mol. The first-order chi connectivity index (χ1) is 26.0. The van der Waals surface area contributed by atoms with E-state index in [1.165, 1.54) is 19.2 Å². The molecule has 4 N–H and O–H groups in total. The van der Waals surface area contributed by atoms with Crippen LogP contribution in [0.4, 0.5) is 14.4 Å². The van der Waals surface area contributed by atoms with E-state index in [1.54, 1.807) is 11.1 Å². The molecule has 6 rings (SSSR count). The number of nitrogens with zero attached hydrogens (tertiary/aromatic N) is 4. The first kappa shape index (κ1) is 38.0. The lowest BCUT2D eigenvalue weighted by atomic mass is 10.0. The van der Waals surface area contributed by atoms with Gasteiger partial charge in [-0.15, -0.1) is 0 Å². The molecule has 0 aliphatic carbocycles. The molecular formula is C40H50N8O6. The number of hydrogen-bond acceptors (Lipinski definition) is 7. The molecular weight excluding hydrogens is 688 g/mol. The van der Waals surface area contributed by atoms with Crippen molar-refractivity contribution in [2.24, 2.45) is 5.92 Å². The monoisotopic (exact) mass is 738 g/mol. The van der Waals surface area contributed by atoms with Crippen molar-refractivity contribution in [1.29, 1.82) is 0 Å². The molecule has 2 aliphatic rings. The van der Waals surface area contributed by atoms with Gasteiger partial charge in [-0.25, -0.2) is 29.8 Å². The SMILES string of the molecule is COC(=O)N[C@H](C(=O)N1CCC[C@H]1c1ncc(-c2ccc(-c3ccc(-c4ccc([C@@H]5CCCN5C(=O)N(NC(=O)OC)C(C)C)[nH]4)cc3)cc2)[nH]1)C(C)C. The predicted molar refractivity (Wildman–Crippen MR) is 204 cm³/mol. The highest BCUT2D eigenvalue weighted by Crippen LogP contribution is 2.36. The van der Waals surface area contributed by atoms with Crippen LogP contribution in [0, 0.1) is 5.92 Å². The Bertz CT molecular complexity index is 1800. The Hall–Kier alpha value is -5.79. The van der Waals surface area contributed by atoms with E-state index in [0.29, 0.717) is 13.1 Å². The fourth-order valence-corrected chi connectivity index (χ4v) is 7.30. The summed E-state index contributed by atoms with van der Waals surface area (Å²) in [6.07, 6.45) is 3.81. The van der Waals surface area contributed by atoms with Crippen molar-refractivity contribution in [3.05, 3.63) is 78.4 Å². The Morgan fingerprint density at radius 2 is 1.31 bits per heavy atom. The maximum atomic E-state index is 13.5. The lowest BCUT2D eigenvalue weighted by Crippen LogP contribution is -2.54. The first-order valence-corrected chi connectivity index (χ1v) is 18.5. The summed E-state index contributed by atoms with van der Waals surface area (Å²) in [5.41, 5.74) is 9.45. The molecule has 14 heteroatoms. The van der Waals surface area contributed by atoms with Gasteiger partial charge in [0.2, 0.25) is 5.91 Å². The van der Waals surface area contributed by atoms with Gasteiger partial charge >= 0.3 is 18.2 Å². The second-order valence-corrected chi connectivity index (χ2v) is 14.4. The highest BCUT2D eigenvalue weighted by atomic mass is 16.5. The fraction of sp³-hybridized carbons (Fsp3) is 0.425. The van der Waals surface area contributed by atoms with E-state index in [1.807, 2.05) is 44.7 Å². The summed E-state index contributed by atoms with van der Waals surface area (Å²) in [5.74, 6) is 0.484. The van der Waals surface area contributed by atoms with E-state index >= 15 is 0 Å². The highest BCUT2D eigenvalue weighted by Gasteiger charge is 2.38. The normalized spacial score (nSPS) is 17.5. The quantitative estimate of drug-likeness (QED) is 0.134. The number of aromatic amines is 2. The van der Waals surface area contributed by atoms with Crippen LogP contribution in [0.15, 0.2) is 66.9 Å². The number of alkyl carbamates (subject to hydrolysis) is 1. The van der Waals surface area contributed by atoms with Crippen LogP contribution in [0.3, 0.4) is 0 Å². The van der Waals surface area contributed by atoms with Gasteiger partial charge in [0, 0.05) is 30.5 Å². The van der Waals surface area contributed by atoms with Crippen molar-refractivity contribution < 1.29 is 28.7 Å². The summed E-state index contributed by atoms with van der Waals surface area (Å²) in [4.78, 5) is 66.1. The van der Waals surface area contributed by atoms with Crippen LogP contribution in [0.25, 0.3) is 33.6 Å². The highest BCUT2D eigenvalue weighted by molar-refractivity contribution is 5.86. The zero-order valence-electron chi connectivity index (χ0n) is 31.7. The molecule has 54 heavy (non-hydrogen) atoms. The molecule has 2 saturated heterocycles. The number of amides is 5. The summed E-state index contributed by atoms with van der Waals surface area (Å²) in [5, 5.41) is 4.01. The minimum Gasteiger partial charge on any atom is -0.453 e. The van der Waals surface area contributed by atoms with Gasteiger partial charge in [-0.05, 0) is 79.8 Å². The average Bonchev–Trinajstić information content (AvgIpc) is 4.02. The number of benzene rings is 2. The van der Waals surface area contributed by atoms with Gasteiger partial charge in [0.15, 0.2) is 0 Å². The first-order valence-electron chi connectivity index (χ1n) is 18.5. The number of rotatable bonds is 9. The maximum absolute atomic E-state index is 13.5. The van der Waals surface area contributed by atoms with Crippen LogP contribution >= 0.6 is 0 Å². The van der Waals surface area contributed by atoms with Crippen molar-refractivity contribution in [3.8, 4) is 33.6 Å². The maximum Gasteiger partial charge on any atom is 0.425 e. The Morgan fingerprint density at radius 1 is 0.741 bits per heavy atom. The number of urea groups is 1. The predicted octanol–water partition coefficient (Wildman–Crippen LogP) is 7.02. The van der Waals surface area contributed by atoms with E-state index in [9.17, 15) is 19.2 Å². The van der Waals surface area contributed by atoms with E-state index in [4.69, 9.17) is 9.47 Å². The van der Waals surface area contributed by atoms with Gasteiger partial charge in [0.25, 0.3) is 0 Å². The third-order valence-electron chi connectivity index (χ3n) is 10.2. The van der Waals surface area contributed by atoms with Crippen LogP contribution in [0.1, 0.15) is 77.0 Å². The number of aromatic nitrogens is 3. The topological polar surface area (TPSA) is 165 Å². The van der Waals surface area contributed by atoms with Crippen LogP contribution < -0.4 is 10.7 Å². The molecule has 0 bridgehead atoms. The van der Waals surface area contributed by atoms with Crippen LogP contribution in [0.5, 0.6) is 0 Å². The second-order valence-electron chi connectivity index (χ2n) is 14.4. The summed E-state index contributed by atoms with van der Waals surface area (Å²) >= 11 is 0. The number of methoxy groups -OCH3 is 2. The van der Waals surface area contributed by atoms with Crippen molar-refractivity contribution >= 4 is 24.1 Å². The molecule has 2 aromatic heterocycles. The summed E-state index contributed by atoms with van der Waals surface area (Å²) < 4.78 is 9.47. The van der Waals surface area contributed by atoms with Crippen LogP contribution in [0.2, 0.25) is 0 Å². The van der Waals surface area contributed by atoms with E-state index in [-0.39, 0.29) is 36.0 Å². The molecule has 4 aromatic rings. The molecule has 2 aromatic carbocycles. The Balaban J connectivity index is 1.11. The minimum atomic E-state index is -0.685. The molecule has 286 valence electrons. The molecule has 3 atom stereocenters. The van der Waals surface area contributed by atoms with Crippen molar-refractivity contribution in [2.45, 2.75) is 77.5 Å². The molecule has 5 amide bonds. The summed E-state index contributed by atoms with van der Waals surface area (Å²) in [6.45, 7) is 8.67. The summed E-state index contributed by atoms with van der Waals surface area (Å²) in [6, 6.07) is 19.1. The van der Waals surface area contributed by atoms with E-state index in [0.717, 1.165) is 70.8 Å². The van der Waals surface area contributed by atoms with Crippen LogP contribution in [-0.4, -0.2) is 93.3 Å². The Labute approximate surface area is 315 Å². The van der Waals surface area contributed by atoms with Gasteiger partial charge in [-0.1, -0.05) is 62.4 Å². The van der Waals surface area contributed by atoms with Crippen molar-refractivity contribution in [2.75, 3.05) is 27.3 Å². The number of H-pyrrole nitrogens is 2. The number of likely N-dealkylation sites (tertiary alicyclic amines) is 2. The third-order valence-corrected chi connectivity index (χ3v) is 10.2. The number of ether oxygens (including phenoxy) is 2. The zero-order valence-corrected chi connectivity index (χ0v) is 31.7. The lowest BCUT2D eigenvalue weighted by Gasteiger charge is -2.33. The molecule has 4 heterocycles. The standard InChI is InChI=1S/C40H50N8O6/c1-24(2)35(44-38(50)53-5)37(49)46-21-8-10-34(46)36-41-23-32(43-36)29-17-13-27(14-18-29)26-11-15-28(16-12-26)30-19-20-31(42-30)33-9-7-22-47(33)40(52)48(25(3)4)45-39(51)54-6/h11-20,23-25,33-35,42H,7-10,21-22H2,1-6H3,(H,41,43)(H,44,50)(H,45,51)/t33-,34-,35-/m0/s1. The second kappa shape index (κ2) is 16.5. The number of hydrazine groups is 1. The number of carbonyl (C=O) groups is 4. The van der Waals surface area contributed by atoms with E-state index in [2.05, 4.69) is 74.2 Å². The van der Waals surface area contributed by atoms with E-state index < -0.39 is 18.2 Å². The van der Waals surface area contributed by atoms with Gasteiger partial charge < -0.3 is 34.6 Å². The Kier molecular flexibility index (Phi) is 11.6. The molecule has 0 saturated carbocycles.